The molecule has 1 saturated heterocycles. The summed E-state index contributed by atoms with van der Waals surface area (Å²) in [6.45, 7) is 3.89. The summed E-state index contributed by atoms with van der Waals surface area (Å²) in [6, 6.07) is 0. The number of rotatable bonds is 3. The van der Waals surface area contributed by atoms with Gasteiger partial charge in [0, 0.05) is 19.5 Å². The lowest BCUT2D eigenvalue weighted by atomic mass is 10.0. The van der Waals surface area contributed by atoms with Gasteiger partial charge in [0.2, 0.25) is 0 Å². The average Bonchev–Trinajstić information content (AvgIpc) is 2.75. The van der Waals surface area contributed by atoms with E-state index < -0.39 is 5.67 Å². The van der Waals surface area contributed by atoms with Crippen molar-refractivity contribution in [2.24, 2.45) is 0 Å². The molecule has 14 heavy (non-hydrogen) atoms. The van der Waals surface area contributed by atoms with Crippen LogP contribution >= 0.6 is 0 Å². The molecule has 1 atom stereocenters. The van der Waals surface area contributed by atoms with E-state index in [9.17, 15) is 4.39 Å². The fourth-order valence-corrected chi connectivity index (χ4v) is 1.86. The van der Waals surface area contributed by atoms with Crippen LogP contribution in [-0.4, -0.2) is 28.1 Å². The van der Waals surface area contributed by atoms with Crippen LogP contribution in [0.5, 0.6) is 0 Å². The number of nitrogens with one attached hydrogen (secondary N) is 1. The van der Waals surface area contributed by atoms with Crippen molar-refractivity contribution in [3.63, 3.8) is 0 Å². The third-order valence-corrected chi connectivity index (χ3v) is 2.62. The molecule has 78 valence electrons. The number of aryl methyl sites for hydroxylation is 1. The van der Waals surface area contributed by atoms with Gasteiger partial charge < -0.3 is 5.32 Å². The largest absolute Gasteiger partial charge is 0.313 e. The SMILES string of the molecule is CCCn1nncc1C1(F)CCNC1. The molecule has 2 heterocycles. The molecule has 4 nitrogen and oxygen atoms in total. The molecule has 0 aromatic carbocycles. The second kappa shape index (κ2) is 3.65. The van der Waals surface area contributed by atoms with Gasteiger partial charge in [0.25, 0.3) is 0 Å². The minimum absolute atomic E-state index is 0.379. The zero-order chi connectivity index (χ0) is 10.0. The molecule has 0 amide bonds. The van der Waals surface area contributed by atoms with Crippen LogP contribution < -0.4 is 5.32 Å². The van der Waals surface area contributed by atoms with Gasteiger partial charge in [-0.25, -0.2) is 9.07 Å². The molecule has 1 aliphatic heterocycles. The van der Waals surface area contributed by atoms with E-state index >= 15 is 0 Å². The summed E-state index contributed by atoms with van der Waals surface area (Å²) >= 11 is 0. The van der Waals surface area contributed by atoms with Crippen molar-refractivity contribution in [2.75, 3.05) is 13.1 Å². The Labute approximate surface area is 82.5 Å². The maximum atomic E-state index is 14.3. The third-order valence-electron chi connectivity index (χ3n) is 2.62. The van der Waals surface area contributed by atoms with E-state index in [1.54, 1.807) is 10.9 Å². The molecule has 0 bridgehead atoms. The van der Waals surface area contributed by atoms with Crippen molar-refractivity contribution < 1.29 is 4.39 Å². The zero-order valence-electron chi connectivity index (χ0n) is 8.33. The van der Waals surface area contributed by atoms with Gasteiger partial charge >= 0.3 is 0 Å². The first-order chi connectivity index (χ1) is 6.76. The highest BCUT2D eigenvalue weighted by Gasteiger charge is 2.38. The number of hydrogen-bond donors (Lipinski definition) is 1. The van der Waals surface area contributed by atoms with Crippen LogP contribution in [0.25, 0.3) is 0 Å². The maximum absolute atomic E-state index is 14.3. The second-order valence-corrected chi connectivity index (χ2v) is 3.73. The number of hydrogen-bond acceptors (Lipinski definition) is 3. The molecule has 2 rings (SSSR count). The van der Waals surface area contributed by atoms with E-state index in [1.165, 1.54) is 0 Å². The Morgan fingerprint density at radius 1 is 1.71 bits per heavy atom. The fraction of sp³-hybridized carbons (Fsp3) is 0.778. The molecule has 0 spiro atoms. The van der Waals surface area contributed by atoms with E-state index in [4.69, 9.17) is 0 Å². The highest BCUT2D eigenvalue weighted by atomic mass is 19.1. The van der Waals surface area contributed by atoms with E-state index in [0.717, 1.165) is 19.5 Å². The molecule has 5 heteroatoms. The first kappa shape index (κ1) is 9.58. The van der Waals surface area contributed by atoms with Crippen molar-refractivity contribution in [1.82, 2.24) is 20.3 Å². The fourth-order valence-electron chi connectivity index (χ4n) is 1.86. The smallest absolute Gasteiger partial charge is 0.167 e. The maximum Gasteiger partial charge on any atom is 0.167 e. The van der Waals surface area contributed by atoms with Crippen molar-refractivity contribution in [3.05, 3.63) is 11.9 Å². The Kier molecular flexibility index (Phi) is 2.50. The van der Waals surface area contributed by atoms with E-state index in [2.05, 4.69) is 15.6 Å². The number of halogens is 1. The Hall–Kier alpha value is -0.970. The van der Waals surface area contributed by atoms with Crippen molar-refractivity contribution in [3.8, 4) is 0 Å². The summed E-state index contributed by atoms with van der Waals surface area (Å²) < 4.78 is 16.0. The quantitative estimate of drug-likeness (QED) is 0.782. The minimum Gasteiger partial charge on any atom is -0.313 e. The normalized spacial score (nSPS) is 27.0. The lowest BCUT2D eigenvalue weighted by Crippen LogP contribution is -2.27. The van der Waals surface area contributed by atoms with Crippen LogP contribution in [-0.2, 0) is 12.2 Å². The van der Waals surface area contributed by atoms with E-state index in [1.807, 2.05) is 6.92 Å². The Balaban J connectivity index is 2.25. The first-order valence-electron chi connectivity index (χ1n) is 5.05. The summed E-state index contributed by atoms with van der Waals surface area (Å²) in [5.74, 6) is 0. The summed E-state index contributed by atoms with van der Waals surface area (Å²) in [5.41, 5.74) is -0.650. The molecule has 1 aromatic heterocycles. The van der Waals surface area contributed by atoms with Crippen LogP contribution in [0.2, 0.25) is 0 Å². The molecule has 1 fully saturated rings. The van der Waals surface area contributed by atoms with Gasteiger partial charge in [-0.1, -0.05) is 12.1 Å². The van der Waals surface area contributed by atoms with Gasteiger partial charge in [0.1, 0.15) is 0 Å². The number of nitrogens with zero attached hydrogens (tertiary/aromatic N) is 3. The van der Waals surface area contributed by atoms with Gasteiger partial charge in [0.05, 0.1) is 11.9 Å². The lowest BCUT2D eigenvalue weighted by Gasteiger charge is -2.18. The first-order valence-corrected chi connectivity index (χ1v) is 5.05. The van der Waals surface area contributed by atoms with Crippen LogP contribution in [0.4, 0.5) is 4.39 Å². The predicted octanol–water partition coefficient (Wildman–Crippen LogP) is 0.846. The summed E-state index contributed by atoms with van der Waals surface area (Å²) in [4.78, 5) is 0. The van der Waals surface area contributed by atoms with Crippen LogP contribution in [0, 0.1) is 0 Å². The molecule has 1 unspecified atom stereocenters. The Morgan fingerprint density at radius 3 is 3.21 bits per heavy atom. The molecule has 1 N–H and O–H groups in total. The summed E-state index contributed by atoms with van der Waals surface area (Å²) in [5, 5.41) is 10.7. The molecule has 1 aliphatic rings. The highest BCUT2D eigenvalue weighted by molar-refractivity contribution is 5.12. The van der Waals surface area contributed by atoms with Crippen molar-refractivity contribution in [2.45, 2.75) is 32.0 Å². The van der Waals surface area contributed by atoms with Crippen molar-refractivity contribution in [1.29, 1.82) is 0 Å². The van der Waals surface area contributed by atoms with E-state index in [0.29, 0.717) is 18.7 Å². The number of aromatic nitrogens is 3. The van der Waals surface area contributed by atoms with Gasteiger partial charge in [0.15, 0.2) is 5.67 Å². The van der Waals surface area contributed by atoms with Crippen molar-refractivity contribution >= 4 is 0 Å². The van der Waals surface area contributed by atoms with Gasteiger partial charge in [-0.2, -0.15) is 0 Å². The third kappa shape index (κ3) is 1.52. The molecule has 1 aromatic rings. The monoisotopic (exact) mass is 198 g/mol. The lowest BCUT2D eigenvalue weighted by molar-refractivity contribution is 0.177. The van der Waals surface area contributed by atoms with E-state index in [-0.39, 0.29) is 0 Å². The Bertz CT molecular complexity index is 304. The van der Waals surface area contributed by atoms with Gasteiger partial charge in [-0.3, -0.25) is 0 Å². The number of alkyl halides is 1. The minimum atomic E-state index is -1.27. The highest BCUT2D eigenvalue weighted by Crippen LogP contribution is 2.31. The van der Waals surface area contributed by atoms with Crippen LogP contribution in [0.15, 0.2) is 6.20 Å². The summed E-state index contributed by atoms with van der Waals surface area (Å²) in [7, 11) is 0. The molecular weight excluding hydrogens is 183 g/mol. The predicted molar refractivity (Wildman–Crippen MR) is 50.6 cm³/mol. The average molecular weight is 198 g/mol. The Morgan fingerprint density at radius 2 is 2.57 bits per heavy atom. The van der Waals surface area contributed by atoms with Gasteiger partial charge in [-0.05, 0) is 13.0 Å². The molecule has 0 radical (unpaired) electrons. The second-order valence-electron chi connectivity index (χ2n) is 3.73. The standard InChI is InChI=1S/C9H15FN4/c1-2-5-14-8(6-12-13-14)9(10)3-4-11-7-9/h6,11H,2-5,7H2,1H3. The summed E-state index contributed by atoms with van der Waals surface area (Å²) in [6.07, 6.45) is 3.01. The molecular formula is C9H15FN4. The van der Waals surface area contributed by atoms with Gasteiger partial charge in [-0.15, -0.1) is 5.10 Å². The molecule has 0 saturated carbocycles. The van der Waals surface area contributed by atoms with Crippen LogP contribution in [0.3, 0.4) is 0 Å². The molecule has 0 aliphatic carbocycles. The topological polar surface area (TPSA) is 42.7 Å². The van der Waals surface area contributed by atoms with Crippen LogP contribution in [0.1, 0.15) is 25.5 Å². The zero-order valence-corrected chi connectivity index (χ0v) is 8.33.